The average molecular weight is 428 g/mol. The number of benzene rings is 1. The molecule has 1 aromatic carbocycles. The maximum Gasteiger partial charge on any atom is 0.225 e. The van der Waals surface area contributed by atoms with Gasteiger partial charge in [-0.3, -0.25) is 9.69 Å². The summed E-state index contributed by atoms with van der Waals surface area (Å²) in [5.41, 5.74) is 1.22. The van der Waals surface area contributed by atoms with Gasteiger partial charge in [0.2, 0.25) is 5.91 Å². The average Bonchev–Trinajstić information content (AvgIpc) is 3.31. The molecule has 172 valence electrons. The second-order valence-electron chi connectivity index (χ2n) is 9.66. The van der Waals surface area contributed by atoms with Gasteiger partial charge in [0.05, 0.1) is 12.8 Å². The van der Waals surface area contributed by atoms with Gasteiger partial charge < -0.3 is 14.5 Å². The number of methoxy groups -OCH3 is 1. The summed E-state index contributed by atoms with van der Waals surface area (Å²) in [6, 6.07) is 8.85. The topological polar surface area (TPSA) is 36.0 Å². The molecule has 1 amide bonds. The first-order valence-electron chi connectivity index (χ1n) is 12.7. The van der Waals surface area contributed by atoms with Crippen molar-refractivity contribution in [1.82, 2.24) is 9.80 Å². The Morgan fingerprint density at radius 2 is 1.71 bits per heavy atom. The summed E-state index contributed by atoms with van der Waals surface area (Å²) >= 11 is 0. The Hall–Kier alpha value is -1.75. The van der Waals surface area contributed by atoms with Gasteiger partial charge in [-0.2, -0.15) is 0 Å². The molecular formula is C26H41N3O2. The number of piperazine rings is 1. The minimum atomic E-state index is 0.328. The zero-order chi connectivity index (χ0) is 21.5. The number of carbonyl (C=O) groups is 1. The minimum absolute atomic E-state index is 0.328. The zero-order valence-corrected chi connectivity index (χ0v) is 19.4. The first-order chi connectivity index (χ1) is 15.3. The van der Waals surface area contributed by atoms with Gasteiger partial charge in [0.15, 0.2) is 0 Å². The molecule has 0 bridgehead atoms. The van der Waals surface area contributed by atoms with E-state index in [2.05, 4.69) is 26.8 Å². The predicted molar refractivity (Wildman–Crippen MR) is 127 cm³/mol. The summed E-state index contributed by atoms with van der Waals surface area (Å²) in [4.78, 5) is 20.3. The highest BCUT2D eigenvalue weighted by atomic mass is 16.5. The summed E-state index contributed by atoms with van der Waals surface area (Å²) in [7, 11) is 1.75. The molecule has 1 aliphatic carbocycles. The number of nitrogens with zero attached hydrogens (tertiary/aromatic N) is 3. The van der Waals surface area contributed by atoms with Gasteiger partial charge in [-0.15, -0.1) is 0 Å². The van der Waals surface area contributed by atoms with Crippen molar-refractivity contribution in [3.63, 3.8) is 0 Å². The molecule has 0 unspecified atom stereocenters. The van der Waals surface area contributed by atoms with Gasteiger partial charge in [0.1, 0.15) is 5.75 Å². The van der Waals surface area contributed by atoms with E-state index in [9.17, 15) is 4.79 Å². The van der Waals surface area contributed by atoms with E-state index < -0.39 is 0 Å². The standard InChI is InChI=1S/C26H41N3O2/c1-31-25-15-6-5-14-24(25)28-20-18-27(19-21-28)16-8-7-12-23-13-9-17-29(23)26(30)22-10-3-2-4-11-22/h5-6,14-15,22-23H,2-4,7-13,16-21H2,1H3/t23-/m1/s1. The van der Waals surface area contributed by atoms with Crippen LogP contribution in [0.2, 0.25) is 0 Å². The van der Waals surface area contributed by atoms with E-state index in [0.29, 0.717) is 17.9 Å². The third-order valence-corrected chi connectivity index (χ3v) is 7.67. The molecule has 0 N–H and O–H groups in total. The molecule has 2 heterocycles. The number of hydrogen-bond acceptors (Lipinski definition) is 4. The second-order valence-corrected chi connectivity index (χ2v) is 9.66. The Morgan fingerprint density at radius 1 is 0.935 bits per heavy atom. The van der Waals surface area contributed by atoms with Crippen LogP contribution in [0.3, 0.4) is 0 Å². The van der Waals surface area contributed by atoms with Gasteiger partial charge in [-0.1, -0.05) is 37.8 Å². The fourth-order valence-electron chi connectivity index (χ4n) is 5.83. The molecular weight excluding hydrogens is 386 g/mol. The maximum absolute atomic E-state index is 13.0. The number of rotatable bonds is 8. The van der Waals surface area contributed by atoms with Crippen molar-refractivity contribution in [2.24, 2.45) is 5.92 Å². The lowest BCUT2D eigenvalue weighted by molar-refractivity contribution is -0.137. The molecule has 31 heavy (non-hydrogen) atoms. The number of carbonyl (C=O) groups excluding carboxylic acids is 1. The van der Waals surface area contributed by atoms with Crippen LogP contribution < -0.4 is 9.64 Å². The van der Waals surface area contributed by atoms with Crippen LogP contribution in [0.15, 0.2) is 24.3 Å². The summed E-state index contributed by atoms with van der Waals surface area (Å²) in [6.45, 7) is 6.55. The van der Waals surface area contributed by atoms with E-state index in [4.69, 9.17) is 4.74 Å². The van der Waals surface area contributed by atoms with Crippen LogP contribution in [0.4, 0.5) is 5.69 Å². The van der Waals surface area contributed by atoms with Crippen molar-refractivity contribution < 1.29 is 9.53 Å². The minimum Gasteiger partial charge on any atom is -0.495 e. The number of ether oxygens (including phenoxy) is 1. The van der Waals surface area contributed by atoms with Crippen molar-refractivity contribution in [1.29, 1.82) is 0 Å². The third-order valence-electron chi connectivity index (χ3n) is 7.67. The van der Waals surface area contributed by atoms with Crippen molar-refractivity contribution in [2.75, 3.05) is 51.3 Å². The van der Waals surface area contributed by atoms with Gasteiger partial charge >= 0.3 is 0 Å². The first-order valence-corrected chi connectivity index (χ1v) is 12.7. The van der Waals surface area contributed by atoms with E-state index in [1.807, 2.05) is 12.1 Å². The van der Waals surface area contributed by atoms with Gasteiger partial charge in [-0.25, -0.2) is 0 Å². The van der Waals surface area contributed by atoms with Crippen molar-refractivity contribution in [2.45, 2.75) is 70.3 Å². The summed E-state index contributed by atoms with van der Waals surface area (Å²) in [6.07, 6.45) is 12.2. The van der Waals surface area contributed by atoms with E-state index in [-0.39, 0.29) is 0 Å². The third kappa shape index (κ3) is 5.74. The molecule has 1 atom stereocenters. The van der Waals surface area contributed by atoms with Crippen LogP contribution in [-0.2, 0) is 4.79 Å². The zero-order valence-electron chi connectivity index (χ0n) is 19.4. The molecule has 2 saturated heterocycles. The van der Waals surface area contributed by atoms with Crippen LogP contribution in [0, 0.1) is 5.92 Å². The number of amides is 1. The number of unbranched alkanes of at least 4 members (excludes halogenated alkanes) is 1. The lowest BCUT2D eigenvalue weighted by atomic mass is 9.88. The lowest BCUT2D eigenvalue weighted by Gasteiger charge is -2.36. The normalized spacial score (nSPS) is 23.3. The number of likely N-dealkylation sites (tertiary alicyclic amines) is 1. The Balaban J connectivity index is 1.15. The number of para-hydroxylation sites is 2. The highest BCUT2D eigenvalue weighted by Crippen LogP contribution is 2.31. The SMILES string of the molecule is COc1ccccc1N1CCN(CCCC[C@@H]2CCCN2C(=O)C2CCCCC2)CC1. The first kappa shape index (κ1) is 22.4. The van der Waals surface area contributed by atoms with E-state index >= 15 is 0 Å². The van der Waals surface area contributed by atoms with Crippen molar-refractivity contribution >= 4 is 11.6 Å². The molecule has 0 spiro atoms. The van der Waals surface area contributed by atoms with Crippen molar-refractivity contribution in [3.05, 3.63) is 24.3 Å². The monoisotopic (exact) mass is 427 g/mol. The largest absolute Gasteiger partial charge is 0.495 e. The highest BCUT2D eigenvalue weighted by Gasteiger charge is 2.33. The van der Waals surface area contributed by atoms with Crippen LogP contribution in [0.5, 0.6) is 5.75 Å². The molecule has 4 rings (SSSR count). The van der Waals surface area contributed by atoms with Gasteiger partial charge in [0.25, 0.3) is 0 Å². The molecule has 1 aromatic rings. The second kappa shape index (κ2) is 11.2. The van der Waals surface area contributed by atoms with E-state index in [1.54, 1.807) is 7.11 Å². The fourth-order valence-corrected chi connectivity index (χ4v) is 5.83. The van der Waals surface area contributed by atoms with Gasteiger partial charge in [-0.05, 0) is 57.2 Å². The highest BCUT2D eigenvalue weighted by molar-refractivity contribution is 5.79. The Labute approximate surface area is 188 Å². The molecule has 0 radical (unpaired) electrons. The van der Waals surface area contributed by atoms with Gasteiger partial charge in [0, 0.05) is 44.7 Å². The van der Waals surface area contributed by atoms with Crippen LogP contribution in [0.25, 0.3) is 0 Å². The predicted octanol–water partition coefficient (Wildman–Crippen LogP) is 4.56. The summed E-state index contributed by atoms with van der Waals surface area (Å²) in [5, 5.41) is 0. The van der Waals surface area contributed by atoms with Crippen LogP contribution in [-0.4, -0.2) is 68.1 Å². The van der Waals surface area contributed by atoms with E-state index in [0.717, 1.165) is 51.3 Å². The Morgan fingerprint density at radius 3 is 2.48 bits per heavy atom. The summed E-state index contributed by atoms with van der Waals surface area (Å²) < 4.78 is 5.53. The molecule has 2 aliphatic heterocycles. The molecule has 3 aliphatic rings. The molecule has 3 fully saturated rings. The fraction of sp³-hybridized carbons (Fsp3) is 0.731. The quantitative estimate of drug-likeness (QED) is 0.570. The Kier molecular flexibility index (Phi) is 8.12. The smallest absolute Gasteiger partial charge is 0.225 e. The number of anilines is 1. The lowest BCUT2D eigenvalue weighted by Crippen LogP contribution is -2.46. The summed E-state index contributed by atoms with van der Waals surface area (Å²) in [5.74, 6) is 1.78. The maximum atomic E-state index is 13.0. The number of hydrogen-bond donors (Lipinski definition) is 0. The molecule has 5 heteroatoms. The molecule has 0 aromatic heterocycles. The molecule has 5 nitrogen and oxygen atoms in total. The van der Waals surface area contributed by atoms with E-state index in [1.165, 1.54) is 63.6 Å². The Bertz CT molecular complexity index is 696. The molecule has 1 saturated carbocycles. The van der Waals surface area contributed by atoms with Crippen molar-refractivity contribution in [3.8, 4) is 5.75 Å². The van der Waals surface area contributed by atoms with Crippen LogP contribution >= 0.6 is 0 Å². The van der Waals surface area contributed by atoms with Crippen LogP contribution in [0.1, 0.15) is 64.2 Å².